The average molecular weight is 180 g/mol. The molecule has 0 amide bonds. The number of carbonyl (C=O) groups excluding carboxylic acids is 1. The number of hydrogen-bond acceptors (Lipinski definition) is 2. The molecule has 0 aliphatic carbocycles. The molecule has 0 atom stereocenters. The lowest BCUT2D eigenvalue weighted by Crippen LogP contribution is -2.20. The lowest BCUT2D eigenvalue weighted by molar-refractivity contribution is 0.0856. The molecular weight excluding hydrogens is 164 g/mol. The van der Waals surface area contributed by atoms with Crippen molar-refractivity contribution in [1.29, 1.82) is 0 Å². The van der Waals surface area contributed by atoms with Gasteiger partial charge in [0.05, 0.1) is 5.56 Å². The van der Waals surface area contributed by atoms with Crippen LogP contribution in [0.1, 0.15) is 42.6 Å². The lowest BCUT2D eigenvalue weighted by Gasteiger charge is -2.15. The van der Waals surface area contributed by atoms with Crippen molar-refractivity contribution >= 4 is 5.78 Å². The van der Waals surface area contributed by atoms with Gasteiger partial charge in [0.25, 0.3) is 0 Å². The fourth-order valence-corrected chi connectivity index (χ4v) is 1.26. The Morgan fingerprint density at radius 2 is 1.85 bits per heavy atom. The summed E-state index contributed by atoms with van der Waals surface area (Å²) in [5, 5.41) is 0. The maximum absolute atomic E-state index is 11.8. The van der Waals surface area contributed by atoms with Crippen LogP contribution in [0.3, 0.4) is 0 Å². The van der Waals surface area contributed by atoms with E-state index < -0.39 is 0 Å². The SMILES string of the molecule is Cc1cc(C(=O)C(C)(C)C)c(C)o1. The van der Waals surface area contributed by atoms with Gasteiger partial charge in [0.1, 0.15) is 11.5 Å². The van der Waals surface area contributed by atoms with Crippen LogP contribution >= 0.6 is 0 Å². The minimum absolute atomic E-state index is 0.141. The molecule has 0 bridgehead atoms. The summed E-state index contributed by atoms with van der Waals surface area (Å²) in [5.74, 6) is 1.66. The van der Waals surface area contributed by atoms with E-state index in [0.29, 0.717) is 5.56 Å². The summed E-state index contributed by atoms with van der Waals surface area (Å²) < 4.78 is 5.31. The monoisotopic (exact) mass is 180 g/mol. The Morgan fingerprint density at radius 1 is 1.31 bits per heavy atom. The highest BCUT2D eigenvalue weighted by Gasteiger charge is 2.25. The van der Waals surface area contributed by atoms with E-state index in [0.717, 1.165) is 11.5 Å². The van der Waals surface area contributed by atoms with E-state index in [-0.39, 0.29) is 11.2 Å². The molecule has 1 aromatic heterocycles. The highest BCUT2D eigenvalue weighted by atomic mass is 16.3. The molecule has 1 rings (SSSR count). The van der Waals surface area contributed by atoms with Crippen LogP contribution in [0.25, 0.3) is 0 Å². The van der Waals surface area contributed by atoms with Crippen molar-refractivity contribution in [3.05, 3.63) is 23.2 Å². The van der Waals surface area contributed by atoms with Gasteiger partial charge in [0.2, 0.25) is 0 Å². The molecule has 0 saturated carbocycles. The van der Waals surface area contributed by atoms with Crippen LogP contribution in [0.4, 0.5) is 0 Å². The van der Waals surface area contributed by atoms with Gasteiger partial charge in [-0.05, 0) is 19.9 Å². The predicted molar refractivity (Wildman–Crippen MR) is 52.0 cm³/mol. The Bertz CT molecular complexity index is 326. The molecule has 0 unspecified atom stereocenters. The second kappa shape index (κ2) is 3.02. The second-order valence-electron chi connectivity index (χ2n) is 4.41. The topological polar surface area (TPSA) is 30.2 Å². The van der Waals surface area contributed by atoms with Gasteiger partial charge in [-0.3, -0.25) is 4.79 Å². The Labute approximate surface area is 78.9 Å². The molecule has 13 heavy (non-hydrogen) atoms. The van der Waals surface area contributed by atoms with Crippen LogP contribution in [0.15, 0.2) is 10.5 Å². The Hall–Kier alpha value is -1.05. The minimum atomic E-state index is -0.332. The van der Waals surface area contributed by atoms with Crippen LogP contribution in [-0.4, -0.2) is 5.78 Å². The van der Waals surface area contributed by atoms with Crippen molar-refractivity contribution in [2.75, 3.05) is 0 Å². The summed E-state index contributed by atoms with van der Waals surface area (Å²) >= 11 is 0. The van der Waals surface area contributed by atoms with Crippen molar-refractivity contribution in [2.24, 2.45) is 5.41 Å². The maximum atomic E-state index is 11.8. The van der Waals surface area contributed by atoms with E-state index >= 15 is 0 Å². The molecule has 0 aliphatic heterocycles. The van der Waals surface area contributed by atoms with Gasteiger partial charge in [-0.1, -0.05) is 20.8 Å². The summed E-state index contributed by atoms with van der Waals surface area (Å²) in [4.78, 5) is 11.8. The van der Waals surface area contributed by atoms with E-state index in [2.05, 4.69) is 0 Å². The third kappa shape index (κ3) is 2.00. The summed E-state index contributed by atoms with van der Waals surface area (Å²) in [5.41, 5.74) is 0.381. The molecule has 72 valence electrons. The highest BCUT2D eigenvalue weighted by molar-refractivity contribution is 6.00. The van der Waals surface area contributed by atoms with Crippen molar-refractivity contribution < 1.29 is 9.21 Å². The minimum Gasteiger partial charge on any atom is -0.466 e. The molecule has 0 spiro atoms. The van der Waals surface area contributed by atoms with Gasteiger partial charge in [0, 0.05) is 5.41 Å². The zero-order chi connectivity index (χ0) is 10.2. The molecule has 1 heterocycles. The molecule has 2 nitrogen and oxygen atoms in total. The lowest BCUT2D eigenvalue weighted by atomic mass is 9.86. The Kier molecular flexibility index (Phi) is 2.33. The summed E-state index contributed by atoms with van der Waals surface area (Å²) in [6.45, 7) is 9.42. The third-order valence-electron chi connectivity index (χ3n) is 1.97. The number of rotatable bonds is 1. The maximum Gasteiger partial charge on any atom is 0.171 e. The van der Waals surface area contributed by atoms with Gasteiger partial charge in [-0.2, -0.15) is 0 Å². The molecule has 0 N–H and O–H groups in total. The third-order valence-corrected chi connectivity index (χ3v) is 1.97. The Morgan fingerprint density at radius 3 is 2.15 bits per heavy atom. The van der Waals surface area contributed by atoms with Crippen LogP contribution in [0, 0.1) is 19.3 Å². The van der Waals surface area contributed by atoms with Gasteiger partial charge in [-0.25, -0.2) is 0 Å². The molecule has 0 aromatic carbocycles. The van der Waals surface area contributed by atoms with Crippen LogP contribution in [0.5, 0.6) is 0 Å². The number of furan rings is 1. The predicted octanol–water partition coefficient (Wildman–Crippen LogP) is 3.13. The first kappa shape index (κ1) is 10.0. The largest absolute Gasteiger partial charge is 0.466 e. The van der Waals surface area contributed by atoms with Crippen molar-refractivity contribution in [3.63, 3.8) is 0 Å². The van der Waals surface area contributed by atoms with Gasteiger partial charge in [0.15, 0.2) is 5.78 Å². The number of Topliss-reactive ketones (excluding diaryl/α,β-unsaturated/α-hetero) is 1. The van der Waals surface area contributed by atoms with E-state index in [4.69, 9.17) is 4.42 Å². The second-order valence-corrected chi connectivity index (χ2v) is 4.41. The summed E-state index contributed by atoms with van der Waals surface area (Å²) in [6.07, 6.45) is 0. The summed E-state index contributed by atoms with van der Waals surface area (Å²) in [6, 6.07) is 1.81. The molecule has 0 fully saturated rings. The first-order valence-electron chi connectivity index (χ1n) is 4.44. The first-order chi connectivity index (χ1) is 5.82. The molecule has 0 saturated heterocycles. The molecule has 2 heteroatoms. The van der Waals surface area contributed by atoms with Crippen molar-refractivity contribution in [3.8, 4) is 0 Å². The van der Waals surface area contributed by atoms with Crippen LogP contribution < -0.4 is 0 Å². The number of aryl methyl sites for hydroxylation is 2. The molecule has 0 radical (unpaired) electrons. The molecule has 0 aliphatic rings. The number of hydrogen-bond donors (Lipinski definition) is 0. The zero-order valence-electron chi connectivity index (χ0n) is 8.89. The van der Waals surface area contributed by atoms with E-state index in [9.17, 15) is 4.79 Å². The molecular formula is C11H16O2. The fourth-order valence-electron chi connectivity index (χ4n) is 1.26. The van der Waals surface area contributed by atoms with E-state index in [1.165, 1.54) is 0 Å². The van der Waals surface area contributed by atoms with E-state index in [1.54, 1.807) is 0 Å². The van der Waals surface area contributed by atoms with Crippen LogP contribution in [-0.2, 0) is 0 Å². The molecule has 1 aromatic rings. The van der Waals surface area contributed by atoms with Gasteiger partial charge < -0.3 is 4.42 Å². The smallest absolute Gasteiger partial charge is 0.171 e. The van der Waals surface area contributed by atoms with Gasteiger partial charge in [-0.15, -0.1) is 0 Å². The summed E-state index contributed by atoms with van der Waals surface area (Å²) in [7, 11) is 0. The zero-order valence-corrected chi connectivity index (χ0v) is 8.89. The van der Waals surface area contributed by atoms with Crippen LogP contribution in [0.2, 0.25) is 0 Å². The standard InChI is InChI=1S/C11H16O2/c1-7-6-9(8(2)13-7)10(12)11(3,4)5/h6H,1-5H3. The quantitative estimate of drug-likeness (QED) is 0.621. The number of ketones is 1. The first-order valence-corrected chi connectivity index (χ1v) is 4.44. The Balaban J connectivity index is 3.09. The average Bonchev–Trinajstić information content (AvgIpc) is 2.26. The fraction of sp³-hybridized carbons (Fsp3) is 0.545. The highest BCUT2D eigenvalue weighted by Crippen LogP contribution is 2.24. The van der Waals surface area contributed by atoms with Gasteiger partial charge >= 0.3 is 0 Å². The normalized spacial score (nSPS) is 11.8. The van der Waals surface area contributed by atoms with Crippen molar-refractivity contribution in [2.45, 2.75) is 34.6 Å². The van der Waals surface area contributed by atoms with Crippen molar-refractivity contribution in [1.82, 2.24) is 0 Å². The number of carbonyl (C=O) groups is 1. The van der Waals surface area contributed by atoms with E-state index in [1.807, 2.05) is 40.7 Å².